The number of hydrogen-bond donors (Lipinski definition) is 1. The average Bonchev–Trinajstić information content (AvgIpc) is 2.43. The van der Waals surface area contributed by atoms with Crippen LogP contribution in [0.4, 0.5) is 5.82 Å². The summed E-state index contributed by atoms with van der Waals surface area (Å²) in [4.78, 5) is 10.3. The fraction of sp³-hybridized carbons (Fsp3) is 0.333. The first-order valence-corrected chi connectivity index (χ1v) is 8.78. The molecule has 2 N–H and O–H groups in total. The lowest BCUT2D eigenvalue weighted by Crippen LogP contribution is -2.07. The van der Waals surface area contributed by atoms with Crippen LogP contribution in [0.3, 0.4) is 0 Å². The van der Waals surface area contributed by atoms with Crippen LogP contribution >= 0.6 is 34.4 Å². The molecule has 1 aromatic carbocycles. The molecule has 0 bridgehead atoms. The average molecular weight is 399 g/mol. The van der Waals surface area contributed by atoms with Crippen LogP contribution in [0.25, 0.3) is 11.4 Å². The highest BCUT2D eigenvalue weighted by molar-refractivity contribution is 14.1. The van der Waals surface area contributed by atoms with E-state index in [-0.39, 0.29) is 0 Å². The Balaban J connectivity index is 2.42. The topological polar surface area (TPSA) is 51.8 Å². The number of aromatic nitrogens is 2. The molecule has 0 aliphatic carbocycles. The van der Waals surface area contributed by atoms with E-state index in [0.29, 0.717) is 17.6 Å². The van der Waals surface area contributed by atoms with Gasteiger partial charge in [-0.05, 0) is 53.3 Å². The van der Waals surface area contributed by atoms with E-state index in [1.165, 1.54) is 4.90 Å². The number of halogens is 1. The molecule has 1 heterocycles. The van der Waals surface area contributed by atoms with Crippen molar-refractivity contribution in [3.63, 3.8) is 0 Å². The minimum atomic E-state index is 0.546. The van der Waals surface area contributed by atoms with Gasteiger partial charge in [0, 0.05) is 10.5 Å². The lowest BCUT2D eigenvalue weighted by molar-refractivity contribution is 0.632. The molecule has 0 saturated carbocycles. The van der Waals surface area contributed by atoms with Crippen LogP contribution < -0.4 is 5.73 Å². The monoisotopic (exact) mass is 399 g/mol. The summed E-state index contributed by atoms with van der Waals surface area (Å²) in [6.45, 7) is 4.36. The molecule has 0 radical (unpaired) electrons. The maximum absolute atomic E-state index is 6.03. The summed E-state index contributed by atoms with van der Waals surface area (Å²) in [5, 5.41) is 0. The molecule has 20 heavy (non-hydrogen) atoms. The van der Waals surface area contributed by atoms with E-state index < -0.39 is 0 Å². The van der Waals surface area contributed by atoms with Crippen molar-refractivity contribution in [1.29, 1.82) is 0 Å². The molecule has 0 spiro atoms. The first-order valence-electron chi connectivity index (χ1n) is 6.47. The summed E-state index contributed by atoms with van der Waals surface area (Å²) in [6.07, 6.45) is 2.98. The fourth-order valence-electron chi connectivity index (χ4n) is 1.90. The Morgan fingerprint density at radius 3 is 2.40 bits per heavy atom. The fourth-order valence-corrected chi connectivity index (χ4v) is 2.77. The summed E-state index contributed by atoms with van der Waals surface area (Å²) in [7, 11) is 0. The molecule has 0 atom stereocenters. The highest BCUT2D eigenvalue weighted by Crippen LogP contribution is 2.25. The highest BCUT2D eigenvalue weighted by atomic mass is 127. The van der Waals surface area contributed by atoms with Crippen molar-refractivity contribution in [3.05, 3.63) is 33.5 Å². The van der Waals surface area contributed by atoms with Crippen molar-refractivity contribution in [2.45, 2.75) is 25.2 Å². The van der Waals surface area contributed by atoms with Gasteiger partial charge in [-0.3, -0.25) is 0 Å². The number of benzene rings is 1. The van der Waals surface area contributed by atoms with E-state index in [0.717, 1.165) is 21.2 Å². The number of nitrogens with two attached hydrogens (primary N) is 1. The Hall–Kier alpha value is -0.820. The zero-order chi connectivity index (χ0) is 14.7. The second kappa shape index (κ2) is 6.76. The lowest BCUT2D eigenvalue weighted by atomic mass is 10.1. The molecule has 0 aliphatic rings. The largest absolute Gasteiger partial charge is 0.383 e. The quantitative estimate of drug-likeness (QED) is 0.617. The third-order valence-corrected chi connectivity index (χ3v) is 4.81. The van der Waals surface area contributed by atoms with Gasteiger partial charge in [-0.2, -0.15) is 0 Å². The minimum Gasteiger partial charge on any atom is -0.383 e. The molecule has 3 nitrogen and oxygen atoms in total. The zero-order valence-electron chi connectivity index (χ0n) is 11.9. The minimum absolute atomic E-state index is 0.546. The molecular weight excluding hydrogens is 381 g/mol. The number of nitrogen functional groups attached to an aromatic ring is 1. The molecule has 0 saturated heterocycles. The van der Waals surface area contributed by atoms with Crippen LogP contribution in [-0.4, -0.2) is 16.2 Å². The number of hydrogen-bond acceptors (Lipinski definition) is 4. The predicted molar refractivity (Wildman–Crippen MR) is 94.9 cm³/mol. The van der Waals surface area contributed by atoms with Gasteiger partial charge in [0.15, 0.2) is 5.82 Å². The Morgan fingerprint density at radius 2 is 1.85 bits per heavy atom. The van der Waals surface area contributed by atoms with Gasteiger partial charge in [0.25, 0.3) is 0 Å². The third-order valence-electron chi connectivity index (χ3n) is 2.90. The molecule has 0 amide bonds. The third kappa shape index (κ3) is 3.63. The Bertz CT molecular complexity index is 597. The highest BCUT2D eigenvalue weighted by Gasteiger charge is 2.12. The Kier molecular flexibility index (Phi) is 5.26. The van der Waals surface area contributed by atoms with Gasteiger partial charge in [-0.15, -0.1) is 11.8 Å². The molecule has 2 rings (SSSR count). The first-order chi connectivity index (χ1) is 9.51. The van der Waals surface area contributed by atoms with E-state index in [1.807, 2.05) is 12.1 Å². The smallest absolute Gasteiger partial charge is 0.161 e. The van der Waals surface area contributed by atoms with Gasteiger partial charge in [0.1, 0.15) is 5.82 Å². The van der Waals surface area contributed by atoms with E-state index in [2.05, 4.69) is 59.8 Å². The second-order valence-corrected chi connectivity index (χ2v) is 6.98. The van der Waals surface area contributed by atoms with Crippen LogP contribution in [0.15, 0.2) is 29.2 Å². The van der Waals surface area contributed by atoms with Crippen molar-refractivity contribution >= 4 is 40.2 Å². The van der Waals surface area contributed by atoms with Gasteiger partial charge < -0.3 is 5.73 Å². The number of rotatable bonds is 4. The van der Waals surface area contributed by atoms with Crippen molar-refractivity contribution in [1.82, 2.24) is 9.97 Å². The van der Waals surface area contributed by atoms with Crippen LogP contribution in [0, 0.1) is 9.49 Å². The van der Waals surface area contributed by atoms with Crippen LogP contribution in [0.5, 0.6) is 0 Å². The van der Waals surface area contributed by atoms with Gasteiger partial charge in [-0.1, -0.05) is 26.0 Å². The van der Waals surface area contributed by atoms with Crippen LogP contribution in [0.1, 0.15) is 19.5 Å². The van der Waals surface area contributed by atoms with Crippen LogP contribution in [-0.2, 0) is 6.42 Å². The number of nitrogens with zero attached hydrogens (tertiary/aromatic N) is 2. The molecule has 2 aromatic rings. The second-order valence-electron chi connectivity index (χ2n) is 5.02. The molecule has 5 heteroatoms. The summed E-state index contributed by atoms with van der Waals surface area (Å²) in [6, 6.07) is 8.26. The molecule has 0 fully saturated rings. The first kappa shape index (κ1) is 15.6. The van der Waals surface area contributed by atoms with E-state index in [1.54, 1.807) is 11.8 Å². The van der Waals surface area contributed by atoms with Crippen molar-refractivity contribution in [3.8, 4) is 11.4 Å². The summed E-state index contributed by atoms with van der Waals surface area (Å²) in [5.41, 5.74) is 8.08. The van der Waals surface area contributed by atoms with Gasteiger partial charge in [0.2, 0.25) is 0 Å². The van der Waals surface area contributed by atoms with Gasteiger partial charge in [0.05, 0.1) is 9.26 Å². The summed E-state index contributed by atoms with van der Waals surface area (Å²) in [5.74, 6) is 1.83. The predicted octanol–water partition coefficient (Wildman–Crippen LogP) is 4.25. The maximum atomic E-state index is 6.03. The SMILES string of the molecule is CSc1ccc(-c2nc(N)c(I)c(CC(C)C)n2)cc1. The normalized spacial score (nSPS) is 11.1. The van der Waals surface area contributed by atoms with Crippen LogP contribution in [0.2, 0.25) is 0 Å². The lowest BCUT2D eigenvalue weighted by Gasteiger charge is -2.11. The van der Waals surface area contributed by atoms with Gasteiger partial charge >= 0.3 is 0 Å². The van der Waals surface area contributed by atoms with E-state index in [4.69, 9.17) is 10.7 Å². The molecule has 0 aliphatic heterocycles. The Labute approximate surface area is 137 Å². The number of thioether (sulfide) groups is 1. The van der Waals surface area contributed by atoms with Crippen molar-refractivity contribution in [2.24, 2.45) is 5.92 Å². The molecule has 0 unspecified atom stereocenters. The zero-order valence-corrected chi connectivity index (χ0v) is 14.8. The van der Waals surface area contributed by atoms with Gasteiger partial charge in [-0.25, -0.2) is 9.97 Å². The Morgan fingerprint density at radius 1 is 1.20 bits per heavy atom. The summed E-state index contributed by atoms with van der Waals surface area (Å²) >= 11 is 3.96. The van der Waals surface area contributed by atoms with Crippen molar-refractivity contribution < 1.29 is 0 Å². The van der Waals surface area contributed by atoms with E-state index >= 15 is 0 Å². The molecular formula is C15H18IN3S. The summed E-state index contributed by atoms with van der Waals surface area (Å²) < 4.78 is 0.973. The van der Waals surface area contributed by atoms with Crippen molar-refractivity contribution in [2.75, 3.05) is 12.0 Å². The molecule has 106 valence electrons. The standard InChI is InChI=1S/C15H18IN3S/c1-9(2)8-12-13(16)14(17)19-15(18-12)10-4-6-11(20-3)7-5-10/h4-7,9H,8H2,1-3H3,(H2,17,18,19). The maximum Gasteiger partial charge on any atom is 0.161 e. The molecule has 1 aromatic heterocycles. The van der Waals surface area contributed by atoms with E-state index in [9.17, 15) is 0 Å². The number of anilines is 1.